The molecule has 1 amide bonds. The number of likely N-dealkylation sites (tertiary alicyclic amines) is 1. The van der Waals surface area contributed by atoms with Gasteiger partial charge in [-0.15, -0.1) is 0 Å². The van der Waals surface area contributed by atoms with Crippen LogP contribution in [0, 0.1) is 0 Å². The minimum atomic E-state index is -0.453. The molecule has 5 heteroatoms. The topological polar surface area (TPSA) is 84.4 Å². The maximum Gasteiger partial charge on any atom is 0.248 e. The van der Waals surface area contributed by atoms with Crippen molar-refractivity contribution in [2.24, 2.45) is 5.73 Å². The number of carbonyl (C=O) groups excluding carboxylic acids is 1. The number of likely N-dealkylation sites (N-methyl/N-ethyl adjacent to an activating group) is 1. The fourth-order valence-corrected chi connectivity index (χ4v) is 2.65. The van der Waals surface area contributed by atoms with Crippen LogP contribution in [0.1, 0.15) is 30.1 Å². The highest BCUT2D eigenvalue weighted by Gasteiger charge is 2.22. The zero-order chi connectivity index (χ0) is 13.8. The Morgan fingerprint density at radius 3 is 2.95 bits per heavy atom. The van der Waals surface area contributed by atoms with Crippen LogP contribution in [0.5, 0.6) is 0 Å². The van der Waals surface area contributed by atoms with Crippen molar-refractivity contribution >= 4 is 17.3 Å². The van der Waals surface area contributed by atoms with E-state index in [2.05, 4.69) is 17.1 Å². The number of rotatable bonds is 5. The fraction of sp³-hybridized carbons (Fsp3) is 0.500. The van der Waals surface area contributed by atoms with Crippen LogP contribution in [0.4, 0.5) is 11.4 Å². The molecule has 1 atom stereocenters. The highest BCUT2D eigenvalue weighted by atomic mass is 16.1. The van der Waals surface area contributed by atoms with Gasteiger partial charge in [-0.1, -0.05) is 6.92 Å². The Bertz CT molecular complexity index is 461. The standard InChI is InChI=1S/C14H22N4O/c1-2-18-7-3-4-11(18)9-17-13-6-5-10(14(16)19)8-12(13)15/h5-6,8,11,17H,2-4,7,9,15H2,1H3,(H2,16,19). The maximum absolute atomic E-state index is 11.1. The third kappa shape index (κ3) is 3.17. The van der Waals surface area contributed by atoms with Gasteiger partial charge in [0.15, 0.2) is 0 Å². The van der Waals surface area contributed by atoms with Gasteiger partial charge in [0.25, 0.3) is 0 Å². The van der Waals surface area contributed by atoms with E-state index in [9.17, 15) is 4.79 Å². The SMILES string of the molecule is CCN1CCCC1CNc1ccc(C(N)=O)cc1N. The monoisotopic (exact) mass is 262 g/mol. The van der Waals surface area contributed by atoms with Gasteiger partial charge in [0.2, 0.25) is 5.91 Å². The quantitative estimate of drug-likeness (QED) is 0.698. The smallest absolute Gasteiger partial charge is 0.248 e. The molecule has 1 fully saturated rings. The summed E-state index contributed by atoms with van der Waals surface area (Å²) in [5.41, 5.74) is 13.0. The number of carbonyl (C=O) groups is 1. The first-order valence-electron chi connectivity index (χ1n) is 6.79. The predicted molar refractivity (Wildman–Crippen MR) is 78.1 cm³/mol. The summed E-state index contributed by atoms with van der Waals surface area (Å²) in [5, 5.41) is 3.37. The molecule has 0 aromatic heterocycles. The van der Waals surface area contributed by atoms with Crippen molar-refractivity contribution < 1.29 is 4.79 Å². The lowest BCUT2D eigenvalue weighted by atomic mass is 10.1. The van der Waals surface area contributed by atoms with Gasteiger partial charge < -0.3 is 16.8 Å². The Hall–Kier alpha value is -1.75. The third-order valence-corrected chi connectivity index (χ3v) is 3.77. The van der Waals surface area contributed by atoms with Crippen molar-refractivity contribution in [3.63, 3.8) is 0 Å². The number of nitrogen functional groups attached to an aromatic ring is 1. The molecule has 1 aromatic carbocycles. The Morgan fingerprint density at radius 2 is 2.32 bits per heavy atom. The molecule has 5 N–H and O–H groups in total. The molecule has 1 heterocycles. The van der Waals surface area contributed by atoms with E-state index in [0.29, 0.717) is 17.3 Å². The molecule has 19 heavy (non-hydrogen) atoms. The van der Waals surface area contributed by atoms with Gasteiger partial charge in [0, 0.05) is 18.2 Å². The largest absolute Gasteiger partial charge is 0.397 e. The number of benzene rings is 1. The van der Waals surface area contributed by atoms with E-state index in [4.69, 9.17) is 11.5 Å². The lowest BCUT2D eigenvalue weighted by molar-refractivity contribution is 0.100. The van der Waals surface area contributed by atoms with Crippen LogP contribution < -0.4 is 16.8 Å². The zero-order valence-electron chi connectivity index (χ0n) is 11.4. The number of hydrogen-bond acceptors (Lipinski definition) is 4. The van der Waals surface area contributed by atoms with E-state index in [0.717, 1.165) is 18.8 Å². The van der Waals surface area contributed by atoms with E-state index in [1.807, 2.05) is 6.07 Å². The number of anilines is 2. The molecular formula is C14H22N4O. The van der Waals surface area contributed by atoms with Crippen LogP contribution in [0.15, 0.2) is 18.2 Å². The number of hydrogen-bond donors (Lipinski definition) is 3. The highest BCUT2D eigenvalue weighted by Crippen LogP contribution is 2.22. The molecular weight excluding hydrogens is 240 g/mol. The first-order valence-corrected chi connectivity index (χ1v) is 6.79. The van der Waals surface area contributed by atoms with E-state index in [1.54, 1.807) is 12.1 Å². The highest BCUT2D eigenvalue weighted by molar-refractivity contribution is 5.94. The van der Waals surface area contributed by atoms with Crippen molar-refractivity contribution in [2.45, 2.75) is 25.8 Å². The number of nitrogens with zero attached hydrogens (tertiary/aromatic N) is 1. The number of nitrogens with one attached hydrogen (secondary N) is 1. The van der Waals surface area contributed by atoms with Crippen LogP contribution in [0.2, 0.25) is 0 Å². The van der Waals surface area contributed by atoms with E-state index < -0.39 is 5.91 Å². The normalized spacial score (nSPS) is 19.5. The second kappa shape index (κ2) is 5.93. The first-order chi connectivity index (χ1) is 9.11. The van der Waals surface area contributed by atoms with Gasteiger partial charge in [-0.25, -0.2) is 0 Å². The van der Waals surface area contributed by atoms with Gasteiger partial charge in [-0.05, 0) is 44.1 Å². The molecule has 1 aromatic rings. The van der Waals surface area contributed by atoms with Crippen molar-refractivity contribution in [1.82, 2.24) is 4.90 Å². The van der Waals surface area contributed by atoms with Crippen molar-refractivity contribution in [3.05, 3.63) is 23.8 Å². The second-order valence-corrected chi connectivity index (χ2v) is 4.97. The molecule has 2 rings (SSSR count). The zero-order valence-corrected chi connectivity index (χ0v) is 11.4. The van der Waals surface area contributed by atoms with Gasteiger partial charge in [0.1, 0.15) is 0 Å². The van der Waals surface area contributed by atoms with Crippen molar-refractivity contribution in [1.29, 1.82) is 0 Å². The third-order valence-electron chi connectivity index (χ3n) is 3.77. The lowest BCUT2D eigenvalue weighted by Gasteiger charge is -2.23. The molecule has 1 saturated heterocycles. The molecule has 1 unspecified atom stereocenters. The summed E-state index contributed by atoms with van der Waals surface area (Å²) in [7, 11) is 0. The van der Waals surface area contributed by atoms with Crippen LogP contribution >= 0.6 is 0 Å². The number of amides is 1. The minimum absolute atomic E-state index is 0.444. The molecule has 0 bridgehead atoms. The number of primary amides is 1. The fourth-order valence-electron chi connectivity index (χ4n) is 2.65. The summed E-state index contributed by atoms with van der Waals surface area (Å²) in [5.74, 6) is -0.453. The average molecular weight is 262 g/mol. The van der Waals surface area contributed by atoms with E-state index in [-0.39, 0.29) is 0 Å². The van der Waals surface area contributed by atoms with Gasteiger partial charge >= 0.3 is 0 Å². The molecule has 5 nitrogen and oxygen atoms in total. The summed E-state index contributed by atoms with van der Waals surface area (Å²) < 4.78 is 0. The summed E-state index contributed by atoms with van der Waals surface area (Å²) in [6.07, 6.45) is 2.48. The molecule has 1 aliphatic heterocycles. The Morgan fingerprint density at radius 1 is 1.53 bits per heavy atom. The van der Waals surface area contributed by atoms with Crippen molar-refractivity contribution in [2.75, 3.05) is 30.7 Å². The Labute approximate surface area is 113 Å². The molecule has 104 valence electrons. The predicted octanol–water partition coefficient (Wildman–Crippen LogP) is 1.26. The second-order valence-electron chi connectivity index (χ2n) is 4.97. The van der Waals surface area contributed by atoms with Gasteiger partial charge in [-0.2, -0.15) is 0 Å². The summed E-state index contributed by atoms with van der Waals surface area (Å²) in [4.78, 5) is 13.5. The Kier molecular flexibility index (Phi) is 4.27. The van der Waals surface area contributed by atoms with E-state index in [1.165, 1.54) is 19.4 Å². The molecule has 0 radical (unpaired) electrons. The van der Waals surface area contributed by atoms with Crippen LogP contribution in [-0.4, -0.2) is 36.5 Å². The van der Waals surface area contributed by atoms with Gasteiger partial charge in [0.05, 0.1) is 11.4 Å². The maximum atomic E-state index is 11.1. The molecule has 0 saturated carbocycles. The molecule has 0 aliphatic carbocycles. The number of nitrogens with two attached hydrogens (primary N) is 2. The molecule has 0 spiro atoms. The van der Waals surface area contributed by atoms with Crippen LogP contribution in [0.3, 0.4) is 0 Å². The molecule has 1 aliphatic rings. The summed E-state index contributed by atoms with van der Waals surface area (Å²) in [6, 6.07) is 5.71. The van der Waals surface area contributed by atoms with Gasteiger partial charge in [-0.3, -0.25) is 9.69 Å². The van der Waals surface area contributed by atoms with Crippen LogP contribution in [0.25, 0.3) is 0 Å². The average Bonchev–Trinajstić information content (AvgIpc) is 2.84. The lowest BCUT2D eigenvalue weighted by Crippen LogP contribution is -2.34. The summed E-state index contributed by atoms with van der Waals surface area (Å²) in [6.45, 7) is 5.34. The minimum Gasteiger partial charge on any atom is -0.397 e. The van der Waals surface area contributed by atoms with Crippen LogP contribution in [-0.2, 0) is 0 Å². The Balaban J connectivity index is 1.98. The first kappa shape index (κ1) is 13.7. The van der Waals surface area contributed by atoms with Crippen molar-refractivity contribution in [3.8, 4) is 0 Å². The summed E-state index contributed by atoms with van der Waals surface area (Å²) >= 11 is 0. The van der Waals surface area contributed by atoms with E-state index >= 15 is 0 Å².